The first-order valence-electron chi connectivity index (χ1n) is 5.75. The molecule has 1 aliphatic carbocycles. The van der Waals surface area contributed by atoms with Crippen molar-refractivity contribution in [1.82, 2.24) is 4.90 Å². The average Bonchev–Trinajstić information content (AvgIpc) is 2.78. The topological polar surface area (TPSA) is 77.8 Å². The van der Waals surface area contributed by atoms with Crippen LogP contribution in [-0.2, 0) is 9.59 Å². The molecule has 2 aliphatic rings. The molecule has 3 unspecified atom stereocenters. The van der Waals surface area contributed by atoms with Gasteiger partial charge in [-0.3, -0.25) is 9.59 Å². The first-order chi connectivity index (χ1) is 7.58. The van der Waals surface area contributed by atoms with Gasteiger partial charge in [-0.05, 0) is 18.8 Å². The second-order valence-corrected chi connectivity index (χ2v) is 4.76. The number of carboxylic acids is 1. The van der Waals surface area contributed by atoms with Crippen molar-refractivity contribution in [3.8, 4) is 0 Å². The Morgan fingerprint density at radius 3 is 2.56 bits per heavy atom. The first-order valence-corrected chi connectivity index (χ1v) is 5.75. The number of aliphatic carboxylic acids is 1. The van der Waals surface area contributed by atoms with Crippen molar-refractivity contribution in [3.63, 3.8) is 0 Å². The molecular weight excluding hydrogens is 210 g/mol. The Labute approximate surface area is 94.0 Å². The number of likely N-dealkylation sites (tertiary alicyclic amines) is 1. The van der Waals surface area contributed by atoms with Crippen molar-refractivity contribution in [2.24, 2.45) is 11.8 Å². The maximum atomic E-state index is 11.7. The van der Waals surface area contributed by atoms with Crippen LogP contribution in [-0.4, -0.2) is 46.2 Å². The maximum Gasteiger partial charge on any atom is 0.303 e. The average molecular weight is 227 g/mol. The Morgan fingerprint density at radius 2 is 1.94 bits per heavy atom. The van der Waals surface area contributed by atoms with Crippen LogP contribution in [0.3, 0.4) is 0 Å². The Balaban J connectivity index is 1.84. The van der Waals surface area contributed by atoms with Gasteiger partial charge in [0.15, 0.2) is 0 Å². The third-order valence-corrected chi connectivity index (χ3v) is 3.72. The summed E-state index contributed by atoms with van der Waals surface area (Å²) >= 11 is 0. The van der Waals surface area contributed by atoms with Gasteiger partial charge in [0.25, 0.3) is 0 Å². The second-order valence-electron chi connectivity index (χ2n) is 4.76. The number of aliphatic hydroxyl groups excluding tert-OH is 1. The zero-order valence-corrected chi connectivity index (χ0v) is 9.13. The second kappa shape index (κ2) is 4.41. The summed E-state index contributed by atoms with van der Waals surface area (Å²) in [6.45, 7) is 1.30. The van der Waals surface area contributed by atoms with E-state index >= 15 is 0 Å². The summed E-state index contributed by atoms with van der Waals surface area (Å²) < 4.78 is 0. The third-order valence-electron chi connectivity index (χ3n) is 3.72. The van der Waals surface area contributed by atoms with Gasteiger partial charge < -0.3 is 15.1 Å². The molecule has 16 heavy (non-hydrogen) atoms. The molecule has 90 valence electrons. The molecule has 2 rings (SSSR count). The molecule has 1 aliphatic heterocycles. The van der Waals surface area contributed by atoms with Gasteiger partial charge in [-0.25, -0.2) is 0 Å². The molecule has 0 aromatic rings. The molecule has 5 heteroatoms. The lowest BCUT2D eigenvalue weighted by Crippen LogP contribution is -2.31. The lowest BCUT2D eigenvalue weighted by molar-refractivity contribution is -0.140. The fraction of sp³-hybridized carbons (Fsp3) is 0.818. The van der Waals surface area contributed by atoms with E-state index in [4.69, 9.17) is 5.11 Å². The fourth-order valence-corrected chi connectivity index (χ4v) is 2.81. The highest BCUT2D eigenvalue weighted by Gasteiger charge is 2.43. The predicted molar refractivity (Wildman–Crippen MR) is 55.7 cm³/mol. The van der Waals surface area contributed by atoms with E-state index in [1.54, 1.807) is 4.90 Å². The summed E-state index contributed by atoms with van der Waals surface area (Å²) in [5.41, 5.74) is 0. The van der Waals surface area contributed by atoms with Crippen LogP contribution in [0.25, 0.3) is 0 Å². The van der Waals surface area contributed by atoms with Gasteiger partial charge >= 0.3 is 5.97 Å². The molecule has 0 spiro atoms. The molecule has 1 saturated carbocycles. The smallest absolute Gasteiger partial charge is 0.303 e. The largest absolute Gasteiger partial charge is 0.481 e. The molecule has 3 atom stereocenters. The minimum Gasteiger partial charge on any atom is -0.481 e. The Bertz CT molecular complexity index is 304. The first kappa shape index (κ1) is 11.4. The summed E-state index contributed by atoms with van der Waals surface area (Å²) in [5.74, 6) is -0.394. The van der Waals surface area contributed by atoms with Crippen LogP contribution >= 0.6 is 0 Å². The van der Waals surface area contributed by atoms with Crippen molar-refractivity contribution >= 4 is 11.9 Å². The van der Waals surface area contributed by atoms with Crippen LogP contribution in [0.5, 0.6) is 0 Å². The number of nitrogens with zero attached hydrogens (tertiary/aromatic N) is 1. The molecule has 1 amide bonds. The number of hydrogen-bond acceptors (Lipinski definition) is 3. The van der Waals surface area contributed by atoms with E-state index in [0.717, 1.165) is 12.8 Å². The van der Waals surface area contributed by atoms with Crippen molar-refractivity contribution in [3.05, 3.63) is 0 Å². The maximum absolute atomic E-state index is 11.7. The van der Waals surface area contributed by atoms with Crippen LogP contribution in [0.1, 0.15) is 25.7 Å². The van der Waals surface area contributed by atoms with Crippen LogP contribution in [0.2, 0.25) is 0 Å². The molecule has 5 nitrogen and oxygen atoms in total. The van der Waals surface area contributed by atoms with Crippen LogP contribution < -0.4 is 0 Å². The molecule has 1 saturated heterocycles. The Kier molecular flexibility index (Phi) is 3.14. The van der Waals surface area contributed by atoms with Crippen molar-refractivity contribution < 1.29 is 19.8 Å². The molecular formula is C11H17NO4. The van der Waals surface area contributed by atoms with E-state index in [1.165, 1.54) is 0 Å². The number of hydrogen-bond donors (Lipinski definition) is 2. The van der Waals surface area contributed by atoms with Crippen molar-refractivity contribution in [2.75, 3.05) is 13.1 Å². The van der Waals surface area contributed by atoms with E-state index < -0.39 is 5.97 Å². The van der Waals surface area contributed by atoms with Gasteiger partial charge in [-0.2, -0.15) is 0 Å². The summed E-state index contributed by atoms with van der Waals surface area (Å²) in [7, 11) is 0. The minimum atomic E-state index is -0.937. The molecule has 0 radical (unpaired) electrons. The van der Waals surface area contributed by atoms with E-state index in [1.807, 2.05) is 0 Å². The molecule has 0 bridgehead atoms. The number of fused-ring (bicyclic) bond motifs is 1. The van der Waals surface area contributed by atoms with Crippen molar-refractivity contribution in [1.29, 1.82) is 0 Å². The van der Waals surface area contributed by atoms with Gasteiger partial charge in [-0.15, -0.1) is 0 Å². The lowest BCUT2D eigenvalue weighted by atomic mass is 10.00. The van der Waals surface area contributed by atoms with Crippen LogP contribution in [0, 0.1) is 11.8 Å². The van der Waals surface area contributed by atoms with Gasteiger partial charge in [0.05, 0.1) is 12.5 Å². The monoisotopic (exact) mass is 227 g/mol. The Morgan fingerprint density at radius 1 is 1.19 bits per heavy atom. The van der Waals surface area contributed by atoms with Crippen LogP contribution in [0.4, 0.5) is 0 Å². The highest BCUT2D eigenvalue weighted by Crippen LogP contribution is 2.38. The van der Waals surface area contributed by atoms with Crippen LogP contribution in [0.15, 0.2) is 0 Å². The standard InChI is InChI=1S/C11H17NO4/c13-9-2-1-7-5-12(6-8(7)9)10(14)3-4-11(15)16/h7-9,13H,1-6H2,(H,15,16). The van der Waals surface area contributed by atoms with Gasteiger partial charge in [0, 0.05) is 25.4 Å². The third kappa shape index (κ3) is 2.19. The molecule has 1 heterocycles. The van der Waals surface area contributed by atoms with E-state index in [0.29, 0.717) is 19.0 Å². The predicted octanol–water partition coefficient (Wildman–Crippen LogP) is 0.0805. The zero-order valence-electron chi connectivity index (χ0n) is 9.13. The van der Waals surface area contributed by atoms with E-state index in [9.17, 15) is 14.7 Å². The Hall–Kier alpha value is -1.10. The highest BCUT2D eigenvalue weighted by atomic mass is 16.4. The SMILES string of the molecule is O=C(O)CCC(=O)N1CC2CCC(O)C2C1. The lowest BCUT2D eigenvalue weighted by Gasteiger charge is -2.17. The molecule has 0 aromatic heterocycles. The normalized spacial score (nSPS) is 32.8. The number of rotatable bonds is 3. The van der Waals surface area contributed by atoms with E-state index in [-0.39, 0.29) is 30.8 Å². The number of carbonyl (C=O) groups excluding carboxylic acids is 1. The molecule has 0 aromatic carbocycles. The number of amides is 1. The number of carbonyl (C=O) groups is 2. The summed E-state index contributed by atoms with van der Waals surface area (Å²) in [6, 6.07) is 0. The van der Waals surface area contributed by atoms with Gasteiger partial charge in [-0.1, -0.05) is 0 Å². The molecule has 2 N–H and O–H groups in total. The summed E-state index contributed by atoms with van der Waals surface area (Å²) in [4.78, 5) is 23.7. The zero-order chi connectivity index (χ0) is 11.7. The number of aliphatic hydroxyl groups is 1. The number of carboxylic acid groups (broad SMARTS) is 1. The van der Waals surface area contributed by atoms with E-state index in [2.05, 4.69) is 0 Å². The molecule has 2 fully saturated rings. The summed E-state index contributed by atoms with van der Waals surface area (Å²) in [6.07, 6.45) is 1.52. The van der Waals surface area contributed by atoms with Gasteiger partial charge in [0.2, 0.25) is 5.91 Å². The van der Waals surface area contributed by atoms with Crippen molar-refractivity contribution in [2.45, 2.75) is 31.8 Å². The minimum absolute atomic E-state index is 0.0743. The van der Waals surface area contributed by atoms with Gasteiger partial charge in [0.1, 0.15) is 0 Å². The highest BCUT2D eigenvalue weighted by molar-refractivity contribution is 5.81. The quantitative estimate of drug-likeness (QED) is 0.715. The summed E-state index contributed by atoms with van der Waals surface area (Å²) in [5, 5.41) is 18.2. The fourth-order valence-electron chi connectivity index (χ4n) is 2.81.